The highest BCUT2D eigenvalue weighted by Gasteiger charge is 2.19. The van der Waals surface area contributed by atoms with E-state index in [4.69, 9.17) is 0 Å². The fourth-order valence-electron chi connectivity index (χ4n) is 4.50. The molecular formula is C35H50O. The van der Waals surface area contributed by atoms with Crippen LogP contribution in [-0.2, 0) is 12.8 Å². The molecule has 0 saturated heterocycles. The zero-order valence-corrected chi connectivity index (χ0v) is 24.5. The van der Waals surface area contributed by atoms with Crippen molar-refractivity contribution in [3.05, 3.63) is 76.6 Å². The number of aliphatic hydroxyl groups is 1. The second kappa shape index (κ2) is 13.7. The fourth-order valence-corrected chi connectivity index (χ4v) is 4.50. The molecule has 3 aromatic rings. The lowest BCUT2D eigenvalue weighted by Crippen LogP contribution is -2.07. The summed E-state index contributed by atoms with van der Waals surface area (Å²) >= 11 is 0. The Morgan fingerprint density at radius 3 is 1.92 bits per heavy atom. The maximum absolute atomic E-state index is 11.2. The number of aryl methyl sites for hydroxylation is 2. The van der Waals surface area contributed by atoms with Crippen molar-refractivity contribution in [3.8, 4) is 0 Å². The van der Waals surface area contributed by atoms with Gasteiger partial charge in [0.15, 0.2) is 0 Å². The molecule has 0 spiro atoms. The van der Waals surface area contributed by atoms with Crippen LogP contribution < -0.4 is 0 Å². The molecule has 0 bridgehead atoms. The lowest BCUT2D eigenvalue weighted by atomic mass is 9.83. The minimum Gasteiger partial charge on any atom is -0.512 e. The summed E-state index contributed by atoms with van der Waals surface area (Å²) < 4.78 is 0. The summed E-state index contributed by atoms with van der Waals surface area (Å²) in [6.07, 6.45) is 9.86. The summed E-state index contributed by atoms with van der Waals surface area (Å²) in [6.45, 7) is 19.4. The molecule has 0 heterocycles. The highest BCUT2D eigenvalue weighted by Crippen LogP contribution is 2.39. The highest BCUT2D eigenvalue weighted by molar-refractivity contribution is 6.11. The van der Waals surface area contributed by atoms with Crippen LogP contribution in [-0.4, -0.2) is 5.11 Å². The van der Waals surface area contributed by atoms with Crippen LogP contribution >= 0.6 is 0 Å². The molecule has 0 aliphatic carbocycles. The zero-order chi connectivity index (χ0) is 26.9. The molecule has 0 atom stereocenters. The van der Waals surface area contributed by atoms with Gasteiger partial charge in [-0.15, -0.1) is 0 Å². The van der Waals surface area contributed by atoms with Crippen molar-refractivity contribution >= 4 is 27.1 Å². The van der Waals surface area contributed by atoms with Crippen LogP contribution in [0.3, 0.4) is 0 Å². The Kier molecular flexibility index (Phi) is 11.3. The molecule has 0 aliphatic heterocycles. The van der Waals surface area contributed by atoms with E-state index in [1.165, 1.54) is 69.5 Å². The fraction of sp³-hybridized carbons (Fsp3) is 0.486. The van der Waals surface area contributed by atoms with Gasteiger partial charge < -0.3 is 5.11 Å². The van der Waals surface area contributed by atoms with Crippen LogP contribution in [0.1, 0.15) is 111 Å². The third kappa shape index (κ3) is 7.25. The molecule has 3 aromatic carbocycles. The summed E-state index contributed by atoms with van der Waals surface area (Å²) in [5.41, 5.74) is 6.23. The van der Waals surface area contributed by atoms with Crippen molar-refractivity contribution < 1.29 is 5.11 Å². The smallest absolute Gasteiger partial charge is 0.0998 e. The molecule has 0 unspecified atom stereocenters. The maximum Gasteiger partial charge on any atom is 0.0998 e. The van der Waals surface area contributed by atoms with E-state index >= 15 is 0 Å². The summed E-state index contributed by atoms with van der Waals surface area (Å²) in [5, 5.41) is 16.2. The van der Waals surface area contributed by atoms with E-state index in [2.05, 4.69) is 90.1 Å². The minimum atomic E-state index is 0.0409. The number of aliphatic hydroxyl groups excluding tert-OH is 1. The van der Waals surface area contributed by atoms with Gasteiger partial charge in [-0.2, -0.15) is 0 Å². The van der Waals surface area contributed by atoms with Crippen molar-refractivity contribution in [3.63, 3.8) is 0 Å². The van der Waals surface area contributed by atoms with Crippen LogP contribution in [0, 0.1) is 5.41 Å². The second-order valence-corrected chi connectivity index (χ2v) is 10.9. The van der Waals surface area contributed by atoms with Gasteiger partial charge in [-0.1, -0.05) is 116 Å². The van der Waals surface area contributed by atoms with Gasteiger partial charge in [-0.3, -0.25) is 0 Å². The largest absolute Gasteiger partial charge is 0.512 e. The van der Waals surface area contributed by atoms with E-state index in [1.807, 2.05) is 20.8 Å². The molecule has 196 valence electrons. The molecule has 0 radical (unpaired) electrons. The van der Waals surface area contributed by atoms with Crippen LogP contribution in [0.5, 0.6) is 0 Å². The van der Waals surface area contributed by atoms with Crippen LogP contribution in [0.2, 0.25) is 0 Å². The molecule has 0 amide bonds. The molecule has 0 saturated carbocycles. The first-order valence-electron chi connectivity index (χ1n) is 14.3. The number of rotatable bonds is 9. The first-order valence-corrected chi connectivity index (χ1v) is 14.3. The van der Waals surface area contributed by atoms with Crippen molar-refractivity contribution in [1.29, 1.82) is 0 Å². The first-order chi connectivity index (χ1) is 17.2. The zero-order valence-electron chi connectivity index (χ0n) is 24.5. The van der Waals surface area contributed by atoms with E-state index in [9.17, 15) is 5.11 Å². The molecule has 1 nitrogen and oxygen atoms in total. The highest BCUT2D eigenvalue weighted by atomic mass is 16.3. The summed E-state index contributed by atoms with van der Waals surface area (Å²) in [6, 6.07) is 16.2. The lowest BCUT2D eigenvalue weighted by Gasteiger charge is -2.22. The number of benzene rings is 3. The Hall–Kier alpha value is -2.54. The van der Waals surface area contributed by atoms with Gasteiger partial charge >= 0.3 is 0 Å². The molecule has 3 rings (SSSR count). The number of fused-ring (bicyclic) bond motifs is 2. The quantitative estimate of drug-likeness (QED) is 0.181. The number of hydrogen-bond donors (Lipinski definition) is 1. The summed E-state index contributed by atoms with van der Waals surface area (Å²) in [7, 11) is 0. The maximum atomic E-state index is 11.2. The van der Waals surface area contributed by atoms with E-state index < -0.39 is 0 Å². The predicted molar refractivity (Wildman–Crippen MR) is 163 cm³/mol. The molecule has 36 heavy (non-hydrogen) atoms. The van der Waals surface area contributed by atoms with Gasteiger partial charge in [0.1, 0.15) is 0 Å². The number of allylic oxidation sites excluding steroid dienone is 4. The molecular weight excluding hydrogens is 436 g/mol. The van der Waals surface area contributed by atoms with Gasteiger partial charge in [0.25, 0.3) is 0 Å². The molecule has 1 heteroatoms. The molecule has 0 aromatic heterocycles. The van der Waals surface area contributed by atoms with Crippen LogP contribution in [0.4, 0.5) is 0 Å². The predicted octanol–water partition coefficient (Wildman–Crippen LogP) is 11.4. The van der Waals surface area contributed by atoms with Crippen molar-refractivity contribution in [2.45, 2.75) is 107 Å². The van der Waals surface area contributed by atoms with Gasteiger partial charge in [0.2, 0.25) is 0 Å². The normalized spacial score (nSPS) is 13.0. The first kappa shape index (κ1) is 29.7. The Bertz CT molecular complexity index is 1200. The van der Waals surface area contributed by atoms with Crippen molar-refractivity contribution in [1.82, 2.24) is 0 Å². The van der Waals surface area contributed by atoms with Gasteiger partial charge in [-0.05, 0) is 76.8 Å². The van der Waals surface area contributed by atoms with Gasteiger partial charge in [0.05, 0.1) is 5.76 Å². The standard InChI is InChI=1S/C33H44O.C2H6/c1-8-11-13-24-16-18-28-27(20-24)22-26-17-15-25(14-12-9-2)21-29(26)32(28)30(31(34)10-3)19-23(4)33(5,6)7;1-2/h15-22,34H,8-14H2,1-7H3;1-2H3/b23-19+,31-30-;. The average molecular weight is 487 g/mol. The monoisotopic (exact) mass is 486 g/mol. The minimum absolute atomic E-state index is 0.0409. The van der Waals surface area contributed by atoms with Crippen LogP contribution in [0.25, 0.3) is 27.1 Å². The lowest BCUT2D eigenvalue weighted by molar-refractivity contribution is 0.398. The number of hydrogen-bond acceptors (Lipinski definition) is 1. The Morgan fingerprint density at radius 1 is 0.778 bits per heavy atom. The van der Waals surface area contributed by atoms with Crippen molar-refractivity contribution in [2.75, 3.05) is 0 Å². The van der Waals surface area contributed by atoms with Crippen LogP contribution in [0.15, 0.2) is 59.9 Å². The Labute approximate surface area is 221 Å². The second-order valence-electron chi connectivity index (χ2n) is 10.9. The third-order valence-electron chi connectivity index (χ3n) is 7.18. The van der Waals surface area contributed by atoms with Crippen molar-refractivity contribution in [2.24, 2.45) is 5.41 Å². The van der Waals surface area contributed by atoms with Gasteiger partial charge in [0, 0.05) is 17.6 Å². The average Bonchev–Trinajstić information content (AvgIpc) is 2.88. The third-order valence-corrected chi connectivity index (χ3v) is 7.18. The SMILES string of the molecule is CC.CCCCc1ccc2c(C(/C=C(\C)C(C)(C)C)=C(\O)CC)c3cc(CCCC)ccc3cc2c1. The molecule has 1 N–H and O–H groups in total. The van der Waals surface area contributed by atoms with E-state index in [-0.39, 0.29) is 5.41 Å². The molecule has 0 fully saturated rings. The Balaban J connectivity index is 0.00000222. The molecule has 0 aliphatic rings. The van der Waals surface area contributed by atoms with Gasteiger partial charge in [-0.25, -0.2) is 0 Å². The topological polar surface area (TPSA) is 20.2 Å². The summed E-state index contributed by atoms with van der Waals surface area (Å²) in [5.74, 6) is 0.464. The summed E-state index contributed by atoms with van der Waals surface area (Å²) in [4.78, 5) is 0. The van der Waals surface area contributed by atoms with E-state index in [1.54, 1.807) is 0 Å². The van der Waals surface area contributed by atoms with E-state index in [0.717, 1.165) is 18.4 Å². The van der Waals surface area contributed by atoms with E-state index in [0.29, 0.717) is 12.2 Å². The number of unbranched alkanes of at least 4 members (excludes halogenated alkanes) is 2. The Morgan fingerprint density at radius 2 is 1.36 bits per heavy atom.